The first-order valence-electron chi connectivity index (χ1n) is 10.1. The van der Waals surface area contributed by atoms with E-state index in [-0.39, 0.29) is 18.1 Å². The van der Waals surface area contributed by atoms with Crippen molar-refractivity contribution in [2.75, 3.05) is 25.0 Å². The lowest BCUT2D eigenvalue weighted by molar-refractivity contribution is 0.0783. The fourth-order valence-corrected chi connectivity index (χ4v) is 4.35. The number of ether oxygens (including phenoxy) is 1. The Hall–Kier alpha value is -3.09. The zero-order valence-electron chi connectivity index (χ0n) is 17.0. The summed E-state index contributed by atoms with van der Waals surface area (Å²) in [5, 5.41) is 8.09. The molecule has 4 heterocycles. The number of H-pyrrole nitrogens is 1. The third-order valence-electron chi connectivity index (χ3n) is 6.20. The Labute approximate surface area is 169 Å². The minimum atomic E-state index is 0.0237. The second-order valence-electron chi connectivity index (χ2n) is 8.08. The predicted molar refractivity (Wildman–Crippen MR) is 111 cm³/mol. The van der Waals surface area contributed by atoms with Crippen molar-refractivity contribution in [3.05, 3.63) is 47.3 Å². The molecular formula is C22H25N5O2. The number of hydrogen-bond donors (Lipinski definition) is 1. The van der Waals surface area contributed by atoms with E-state index < -0.39 is 0 Å². The van der Waals surface area contributed by atoms with Crippen molar-refractivity contribution in [2.24, 2.45) is 0 Å². The van der Waals surface area contributed by atoms with Crippen LogP contribution < -0.4 is 9.64 Å². The van der Waals surface area contributed by atoms with Gasteiger partial charge >= 0.3 is 0 Å². The summed E-state index contributed by atoms with van der Waals surface area (Å²) in [7, 11) is 1.84. The van der Waals surface area contributed by atoms with Crippen LogP contribution in [0.4, 0.5) is 5.82 Å². The van der Waals surface area contributed by atoms with Gasteiger partial charge in [0.1, 0.15) is 17.7 Å². The molecule has 5 rings (SSSR count). The summed E-state index contributed by atoms with van der Waals surface area (Å²) in [6.07, 6.45) is 3.89. The van der Waals surface area contributed by atoms with Crippen molar-refractivity contribution in [1.29, 1.82) is 0 Å². The molecule has 29 heavy (non-hydrogen) atoms. The molecule has 0 saturated carbocycles. The van der Waals surface area contributed by atoms with Gasteiger partial charge in [-0.3, -0.25) is 9.89 Å². The van der Waals surface area contributed by atoms with E-state index in [1.807, 2.05) is 51.4 Å². The molecule has 1 atom stereocenters. The number of carbonyl (C=O) groups is 1. The fraction of sp³-hybridized carbons (Fsp3) is 0.409. The Morgan fingerprint density at radius 2 is 2.00 bits per heavy atom. The number of aromatic amines is 1. The van der Waals surface area contributed by atoms with E-state index in [4.69, 9.17) is 9.72 Å². The Kier molecular flexibility index (Phi) is 4.19. The van der Waals surface area contributed by atoms with Crippen molar-refractivity contribution in [3.8, 4) is 5.75 Å². The van der Waals surface area contributed by atoms with Crippen LogP contribution in [-0.2, 0) is 0 Å². The summed E-state index contributed by atoms with van der Waals surface area (Å²) in [4.78, 5) is 21.4. The second-order valence-corrected chi connectivity index (χ2v) is 8.08. The molecule has 3 aromatic rings. The topological polar surface area (TPSA) is 74.4 Å². The van der Waals surface area contributed by atoms with Gasteiger partial charge in [-0.05, 0) is 43.7 Å². The minimum Gasteiger partial charge on any atom is -0.490 e. The minimum absolute atomic E-state index is 0.0237. The Balaban J connectivity index is 1.29. The van der Waals surface area contributed by atoms with Gasteiger partial charge in [-0.25, -0.2) is 4.98 Å². The SMILES string of the molecule is Cc1cc2c(nc1N1CCC(Oc3ccc4[nH]ncc4c3)CC1)C(C)N(C)C2=O. The summed E-state index contributed by atoms with van der Waals surface area (Å²) < 4.78 is 6.23. The zero-order valence-corrected chi connectivity index (χ0v) is 17.0. The van der Waals surface area contributed by atoms with E-state index in [0.29, 0.717) is 0 Å². The number of benzene rings is 1. The van der Waals surface area contributed by atoms with E-state index in [9.17, 15) is 4.79 Å². The van der Waals surface area contributed by atoms with Crippen LogP contribution in [0, 0.1) is 6.92 Å². The second kappa shape index (κ2) is 6.76. The molecule has 1 aromatic carbocycles. The number of rotatable bonds is 3. The van der Waals surface area contributed by atoms with Crippen molar-refractivity contribution in [3.63, 3.8) is 0 Å². The number of hydrogen-bond acceptors (Lipinski definition) is 5. The summed E-state index contributed by atoms with van der Waals surface area (Å²) in [5.74, 6) is 1.95. The molecule has 2 aliphatic rings. The first kappa shape index (κ1) is 18.0. The van der Waals surface area contributed by atoms with E-state index >= 15 is 0 Å². The number of amides is 1. The molecular weight excluding hydrogens is 366 g/mol. The molecule has 150 valence electrons. The normalized spacial score (nSPS) is 19.8. The predicted octanol–water partition coefficient (Wildman–Crippen LogP) is 3.46. The molecule has 1 saturated heterocycles. The van der Waals surface area contributed by atoms with Crippen molar-refractivity contribution < 1.29 is 9.53 Å². The van der Waals surface area contributed by atoms with Crippen molar-refractivity contribution in [1.82, 2.24) is 20.1 Å². The molecule has 0 radical (unpaired) electrons. The van der Waals surface area contributed by atoms with Gasteiger partial charge in [-0.15, -0.1) is 0 Å². The number of fused-ring (bicyclic) bond motifs is 2. The third kappa shape index (κ3) is 3.01. The lowest BCUT2D eigenvalue weighted by atomic mass is 10.1. The first-order chi connectivity index (χ1) is 14.0. The van der Waals surface area contributed by atoms with Crippen molar-refractivity contribution in [2.45, 2.75) is 38.8 Å². The van der Waals surface area contributed by atoms with Crippen LogP contribution in [0.25, 0.3) is 10.9 Å². The van der Waals surface area contributed by atoms with Crippen LogP contribution in [0.3, 0.4) is 0 Å². The molecule has 1 fully saturated rings. The van der Waals surface area contributed by atoms with Gasteiger partial charge in [0.2, 0.25) is 0 Å². The third-order valence-corrected chi connectivity index (χ3v) is 6.20. The quantitative estimate of drug-likeness (QED) is 0.740. The van der Waals surface area contributed by atoms with E-state index in [0.717, 1.165) is 65.2 Å². The molecule has 1 N–H and O–H groups in total. The van der Waals surface area contributed by atoms with Crippen LogP contribution in [0.5, 0.6) is 5.75 Å². The van der Waals surface area contributed by atoms with Crippen molar-refractivity contribution >= 4 is 22.6 Å². The van der Waals surface area contributed by atoms with E-state index in [1.165, 1.54) is 0 Å². The number of pyridine rings is 1. The number of anilines is 1. The van der Waals surface area contributed by atoms with Gasteiger partial charge in [0.25, 0.3) is 5.91 Å². The number of piperidine rings is 1. The molecule has 7 nitrogen and oxygen atoms in total. The largest absolute Gasteiger partial charge is 0.490 e. The molecule has 0 bridgehead atoms. The molecule has 0 spiro atoms. The number of aryl methyl sites for hydroxylation is 1. The molecule has 1 unspecified atom stereocenters. The Morgan fingerprint density at radius 1 is 1.21 bits per heavy atom. The highest BCUT2D eigenvalue weighted by molar-refractivity contribution is 5.99. The highest BCUT2D eigenvalue weighted by atomic mass is 16.5. The van der Waals surface area contributed by atoms with Gasteiger partial charge in [0, 0.05) is 38.4 Å². The number of carbonyl (C=O) groups excluding carboxylic acids is 1. The standard InChI is InChI=1S/C22H25N5O2/c1-13-10-18-20(14(2)26(3)22(18)28)24-21(13)27-8-6-16(7-9-27)29-17-4-5-19-15(11-17)12-23-25-19/h4-5,10-12,14,16H,6-9H2,1-3H3,(H,23,25). The average molecular weight is 391 g/mol. The number of nitrogens with zero attached hydrogens (tertiary/aromatic N) is 4. The number of aromatic nitrogens is 3. The van der Waals surface area contributed by atoms with Gasteiger partial charge in [-0.2, -0.15) is 5.10 Å². The Bertz CT molecular complexity index is 1080. The van der Waals surface area contributed by atoms with Crippen LogP contribution in [0.15, 0.2) is 30.5 Å². The van der Waals surface area contributed by atoms with Crippen LogP contribution in [0.1, 0.15) is 47.4 Å². The van der Waals surface area contributed by atoms with Gasteiger partial charge < -0.3 is 14.5 Å². The Morgan fingerprint density at radius 3 is 2.79 bits per heavy atom. The summed E-state index contributed by atoms with van der Waals surface area (Å²) in [6.45, 7) is 5.86. The highest BCUT2D eigenvalue weighted by Gasteiger charge is 2.34. The smallest absolute Gasteiger partial charge is 0.256 e. The molecule has 2 aliphatic heterocycles. The van der Waals surface area contributed by atoms with Crippen LogP contribution in [-0.4, -0.2) is 52.2 Å². The lowest BCUT2D eigenvalue weighted by Crippen LogP contribution is -2.39. The number of nitrogens with one attached hydrogen (secondary N) is 1. The van der Waals surface area contributed by atoms with Crippen LogP contribution in [0.2, 0.25) is 0 Å². The maximum atomic E-state index is 12.4. The molecule has 0 aliphatic carbocycles. The average Bonchev–Trinajstić information content (AvgIpc) is 3.27. The summed E-state index contributed by atoms with van der Waals surface area (Å²) in [6, 6.07) is 8.06. The maximum absolute atomic E-state index is 12.4. The fourth-order valence-electron chi connectivity index (χ4n) is 4.35. The van der Waals surface area contributed by atoms with Gasteiger partial charge in [-0.1, -0.05) is 0 Å². The monoisotopic (exact) mass is 391 g/mol. The summed E-state index contributed by atoms with van der Waals surface area (Å²) >= 11 is 0. The highest BCUT2D eigenvalue weighted by Crippen LogP contribution is 2.34. The van der Waals surface area contributed by atoms with Crippen LogP contribution >= 0.6 is 0 Å². The molecule has 7 heteroatoms. The first-order valence-corrected chi connectivity index (χ1v) is 10.1. The zero-order chi connectivity index (χ0) is 20.1. The molecule has 2 aromatic heterocycles. The van der Waals surface area contributed by atoms with Gasteiger partial charge in [0.15, 0.2) is 0 Å². The lowest BCUT2D eigenvalue weighted by Gasteiger charge is -2.34. The molecule has 1 amide bonds. The van der Waals surface area contributed by atoms with Gasteiger partial charge in [0.05, 0.1) is 29.0 Å². The summed E-state index contributed by atoms with van der Waals surface area (Å²) in [5.41, 5.74) is 3.71. The van der Waals surface area contributed by atoms with E-state index in [2.05, 4.69) is 15.1 Å². The maximum Gasteiger partial charge on any atom is 0.256 e. The van der Waals surface area contributed by atoms with E-state index in [1.54, 1.807) is 4.90 Å².